The molecule has 3 aromatic carbocycles. The zero-order valence-corrected chi connectivity index (χ0v) is 23.0. The standard InChI is InChI=1S/C28H31ClN2O4.2ClH/c1-2-10-30-24-13-21(28(33)34)15-26(16-24)35-25-9-7-18-6-8-23(12-20(18)14-25)31-17-27(32)19-4-3-5-22(29)11-19;;/h3-5,7,9,11,13-16,23,27,30-32H,2,6,8,10,12,17H2,1H3,(H,33,34);2*1H/t23-,27+;;/m0../s1. The first-order chi connectivity index (χ1) is 16.9. The molecular weight excluding hydrogens is 535 g/mol. The molecule has 0 spiro atoms. The fourth-order valence-electron chi connectivity index (χ4n) is 4.37. The van der Waals surface area contributed by atoms with Crippen molar-refractivity contribution in [3.05, 3.63) is 87.9 Å². The average Bonchev–Trinajstić information content (AvgIpc) is 2.85. The van der Waals surface area contributed by atoms with Crippen molar-refractivity contribution >= 4 is 48.1 Å². The first-order valence-electron chi connectivity index (χ1n) is 12.0. The Bertz CT molecular complexity index is 1190. The summed E-state index contributed by atoms with van der Waals surface area (Å²) >= 11 is 6.05. The number of hydrogen-bond acceptors (Lipinski definition) is 5. The van der Waals surface area contributed by atoms with Crippen molar-refractivity contribution in [2.45, 2.75) is 44.8 Å². The van der Waals surface area contributed by atoms with Gasteiger partial charge in [-0.15, -0.1) is 24.8 Å². The van der Waals surface area contributed by atoms with Gasteiger partial charge in [0.25, 0.3) is 0 Å². The van der Waals surface area contributed by atoms with Gasteiger partial charge in [-0.05, 0) is 78.8 Å². The SMILES string of the molecule is CCCNc1cc(Oc2ccc3c(c2)C[C@@H](NC[C@@H](O)c2cccc(Cl)c2)CC3)cc(C(=O)O)c1.Cl.Cl. The van der Waals surface area contributed by atoms with Crippen molar-refractivity contribution in [3.63, 3.8) is 0 Å². The van der Waals surface area contributed by atoms with Crippen LogP contribution in [0.3, 0.4) is 0 Å². The number of aryl methyl sites for hydroxylation is 1. The maximum atomic E-state index is 11.6. The second kappa shape index (κ2) is 14.5. The largest absolute Gasteiger partial charge is 0.478 e. The maximum Gasteiger partial charge on any atom is 0.335 e. The van der Waals surface area contributed by atoms with E-state index in [9.17, 15) is 15.0 Å². The van der Waals surface area contributed by atoms with E-state index in [1.165, 1.54) is 11.1 Å². The summed E-state index contributed by atoms with van der Waals surface area (Å²) in [6.07, 6.45) is 3.07. The molecule has 0 amide bonds. The van der Waals surface area contributed by atoms with E-state index < -0.39 is 12.1 Å². The van der Waals surface area contributed by atoms with Gasteiger partial charge < -0.3 is 25.6 Å². The van der Waals surface area contributed by atoms with Crippen LogP contribution in [-0.2, 0) is 12.8 Å². The lowest BCUT2D eigenvalue weighted by Gasteiger charge is -2.27. The Kier molecular flexibility index (Phi) is 12.0. The van der Waals surface area contributed by atoms with E-state index in [1.54, 1.807) is 24.3 Å². The number of fused-ring (bicyclic) bond motifs is 1. The topological polar surface area (TPSA) is 90.8 Å². The van der Waals surface area contributed by atoms with Gasteiger partial charge in [-0.2, -0.15) is 0 Å². The third kappa shape index (κ3) is 8.52. The number of carboxylic acid groups (broad SMARTS) is 1. The van der Waals surface area contributed by atoms with Crippen LogP contribution in [0.4, 0.5) is 5.69 Å². The van der Waals surface area contributed by atoms with Crippen LogP contribution in [0.1, 0.15) is 52.9 Å². The quantitative estimate of drug-likeness (QED) is 0.219. The summed E-state index contributed by atoms with van der Waals surface area (Å²) in [5.74, 6) is 0.167. The first-order valence-corrected chi connectivity index (χ1v) is 12.4. The van der Waals surface area contributed by atoms with Crippen molar-refractivity contribution in [3.8, 4) is 11.5 Å². The van der Waals surface area contributed by atoms with E-state index in [2.05, 4.69) is 23.6 Å². The molecule has 4 rings (SSSR count). The highest BCUT2D eigenvalue weighted by Gasteiger charge is 2.20. The average molecular weight is 568 g/mol. The lowest BCUT2D eigenvalue weighted by Crippen LogP contribution is -2.37. The molecule has 37 heavy (non-hydrogen) atoms. The summed E-state index contributed by atoms with van der Waals surface area (Å²) in [4.78, 5) is 11.6. The zero-order valence-electron chi connectivity index (χ0n) is 20.6. The van der Waals surface area contributed by atoms with Crippen LogP contribution in [0.5, 0.6) is 11.5 Å². The number of aliphatic hydroxyl groups excluding tert-OH is 1. The van der Waals surface area contributed by atoms with E-state index in [-0.39, 0.29) is 36.4 Å². The number of aliphatic hydroxyl groups is 1. The van der Waals surface area contributed by atoms with Crippen LogP contribution >= 0.6 is 36.4 Å². The number of aromatic carboxylic acids is 1. The van der Waals surface area contributed by atoms with Crippen molar-refractivity contribution in [2.24, 2.45) is 0 Å². The van der Waals surface area contributed by atoms with Gasteiger partial charge in [0, 0.05) is 35.9 Å². The molecule has 0 bridgehead atoms. The van der Waals surface area contributed by atoms with E-state index in [1.807, 2.05) is 30.3 Å². The lowest BCUT2D eigenvalue weighted by atomic mass is 9.88. The molecule has 3 aromatic rings. The van der Waals surface area contributed by atoms with E-state index in [0.717, 1.165) is 43.5 Å². The molecule has 0 fully saturated rings. The Morgan fingerprint density at radius 1 is 1.08 bits per heavy atom. The first kappa shape index (κ1) is 30.7. The zero-order chi connectivity index (χ0) is 24.8. The summed E-state index contributed by atoms with van der Waals surface area (Å²) in [5, 5.41) is 27.3. The number of ether oxygens (including phenoxy) is 1. The minimum absolute atomic E-state index is 0. The highest BCUT2D eigenvalue weighted by molar-refractivity contribution is 6.30. The van der Waals surface area contributed by atoms with Gasteiger partial charge in [-0.1, -0.05) is 36.7 Å². The van der Waals surface area contributed by atoms with E-state index in [0.29, 0.717) is 23.1 Å². The summed E-state index contributed by atoms with van der Waals surface area (Å²) in [5.41, 5.74) is 4.19. The molecule has 1 aliphatic carbocycles. The van der Waals surface area contributed by atoms with Gasteiger partial charge >= 0.3 is 5.97 Å². The van der Waals surface area contributed by atoms with Gasteiger partial charge in [0.05, 0.1) is 11.7 Å². The molecule has 0 aromatic heterocycles. The Morgan fingerprint density at radius 2 is 1.89 bits per heavy atom. The monoisotopic (exact) mass is 566 g/mol. The summed E-state index contributed by atoms with van der Waals surface area (Å²) < 4.78 is 6.08. The van der Waals surface area contributed by atoms with Crippen molar-refractivity contribution in [2.75, 3.05) is 18.4 Å². The highest BCUT2D eigenvalue weighted by Crippen LogP contribution is 2.31. The van der Waals surface area contributed by atoms with Crippen molar-refractivity contribution < 1.29 is 19.7 Å². The summed E-state index contributed by atoms with van der Waals surface area (Å²) in [6.45, 7) is 3.26. The van der Waals surface area contributed by atoms with Crippen molar-refractivity contribution in [1.29, 1.82) is 0 Å². The third-order valence-electron chi connectivity index (χ3n) is 6.21. The highest BCUT2D eigenvalue weighted by atomic mass is 35.5. The van der Waals surface area contributed by atoms with E-state index >= 15 is 0 Å². The van der Waals surface area contributed by atoms with Gasteiger partial charge in [-0.25, -0.2) is 4.79 Å². The van der Waals surface area contributed by atoms with Gasteiger partial charge in [0.15, 0.2) is 0 Å². The van der Waals surface area contributed by atoms with Gasteiger partial charge in [-0.3, -0.25) is 0 Å². The molecular formula is C28H33Cl3N2O4. The van der Waals surface area contributed by atoms with Gasteiger partial charge in [0.1, 0.15) is 11.5 Å². The van der Waals surface area contributed by atoms with Crippen LogP contribution in [0.2, 0.25) is 5.02 Å². The smallest absolute Gasteiger partial charge is 0.335 e. The molecule has 0 unspecified atom stereocenters. The molecule has 2 atom stereocenters. The second-order valence-corrected chi connectivity index (χ2v) is 9.37. The number of rotatable bonds is 10. The molecule has 200 valence electrons. The molecule has 0 heterocycles. The lowest BCUT2D eigenvalue weighted by molar-refractivity contribution is 0.0696. The number of hydrogen-bond donors (Lipinski definition) is 4. The minimum atomic E-state index is -0.991. The van der Waals surface area contributed by atoms with Gasteiger partial charge in [0.2, 0.25) is 0 Å². The van der Waals surface area contributed by atoms with Crippen LogP contribution in [0, 0.1) is 0 Å². The number of halogens is 3. The molecule has 1 aliphatic rings. The molecule has 0 radical (unpaired) electrons. The fraction of sp³-hybridized carbons (Fsp3) is 0.321. The van der Waals surface area contributed by atoms with Crippen LogP contribution < -0.4 is 15.4 Å². The predicted octanol–water partition coefficient (Wildman–Crippen LogP) is 6.68. The molecule has 6 nitrogen and oxygen atoms in total. The Labute approximate surface area is 235 Å². The molecule has 0 saturated carbocycles. The Hall–Kier alpha value is -2.48. The Balaban J connectivity index is 0.00000241. The predicted molar refractivity (Wildman–Crippen MR) is 153 cm³/mol. The minimum Gasteiger partial charge on any atom is -0.478 e. The third-order valence-corrected chi connectivity index (χ3v) is 6.44. The summed E-state index contributed by atoms with van der Waals surface area (Å²) in [7, 11) is 0. The normalized spacial score (nSPS) is 14.9. The van der Waals surface area contributed by atoms with Crippen LogP contribution in [0.25, 0.3) is 0 Å². The maximum absolute atomic E-state index is 11.6. The Morgan fingerprint density at radius 3 is 2.62 bits per heavy atom. The summed E-state index contributed by atoms with van der Waals surface area (Å²) in [6, 6.07) is 18.6. The van der Waals surface area contributed by atoms with Crippen molar-refractivity contribution in [1.82, 2.24) is 5.32 Å². The number of carbonyl (C=O) groups is 1. The molecule has 4 N–H and O–H groups in total. The van der Waals surface area contributed by atoms with Crippen LogP contribution in [0.15, 0.2) is 60.7 Å². The molecule has 9 heteroatoms. The van der Waals surface area contributed by atoms with Crippen LogP contribution in [-0.4, -0.2) is 35.3 Å². The number of carboxylic acids is 1. The molecule has 0 saturated heterocycles. The fourth-order valence-corrected chi connectivity index (χ4v) is 4.57. The molecule has 0 aliphatic heterocycles. The second-order valence-electron chi connectivity index (χ2n) is 8.93. The number of anilines is 1. The number of benzene rings is 3. The van der Waals surface area contributed by atoms with E-state index in [4.69, 9.17) is 16.3 Å². The number of nitrogens with one attached hydrogen (secondary N) is 2.